The van der Waals surface area contributed by atoms with Crippen LogP contribution in [-0.4, -0.2) is 49.8 Å². The van der Waals surface area contributed by atoms with E-state index in [0.29, 0.717) is 24.5 Å². The van der Waals surface area contributed by atoms with Gasteiger partial charge >= 0.3 is 11.8 Å². The number of amides is 3. The molecule has 9 nitrogen and oxygen atoms in total. The Balaban J connectivity index is 1.44. The Morgan fingerprint density at radius 3 is 2.79 bits per heavy atom. The molecule has 0 bridgehead atoms. The number of ether oxygens (including phenoxy) is 2. The van der Waals surface area contributed by atoms with Gasteiger partial charge in [0.25, 0.3) is 5.91 Å². The standard InChI is InChI=1S/C24H28N4O5/c1-16-8-9-17(2)21(11-16)27-22(29)15-33-19-6-3-5-18(12-19)13-26-28-24(31)23(30)25-14-20-7-4-10-32-20/h3,5-6,8-9,11-13,20H,4,7,10,14-15H2,1-2H3,(H,25,30)(H,27,29)(H,28,31)/b26-13-/t20-/m1/s1. The summed E-state index contributed by atoms with van der Waals surface area (Å²) in [4.78, 5) is 35.9. The summed E-state index contributed by atoms with van der Waals surface area (Å²) in [6.45, 7) is 4.70. The second-order valence-corrected chi connectivity index (χ2v) is 7.77. The highest BCUT2D eigenvalue weighted by molar-refractivity contribution is 6.35. The van der Waals surface area contributed by atoms with Gasteiger partial charge in [-0.15, -0.1) is 0 Å². The smallest absolute Gasteiger partial charge is 0.329 e. The third-order valence-electron chi connectivity index (χ3n) is 5.00. The Morgan fingerprint density at radius 2 is 2.00 bits per heavy atom. The Morgan fingerprint density at radius 1 is 1.15 bits per heavy atom. The first-order valence-electron chi connectivity index (χ1n) is 10.7. The van der Waals surface area contributed by atoms with Crippen molar-refractivity contribution < 1.29 is 23.9 Å². The van der Waals surface area contributed by atoms with Crippen LogP contribution in [-0.2, 0) is 19.1 Å². The van der Waals surface area contributed by atoms with Gasteiger partial charge in [-0.25, -0.2) is 5.43 Å². The zero-order valence-electron chi connectivity index (χ0n) is 18.7. The second kappa shape index (κ2) is 11.8. The minimum absolute atomic E-state index is 0.0455. The number of rotatable bonds is 8. The van der Waals surface area contributed by atoms with Gasteiger partial charge in [0, 0.05) is 18.8 Å². The molecule has 33 heavy (non-hydrogen) atoms. The van der Waals surface area contributed by atoms with E-state index in [4.69, 9.17) is 9.47 Å². The number of nitrogens with one attached hydrogen (secondary N) is 3. The number of benzene rings is 2. The van der Waals surface area contributed by atoms with Crippen molar-refractivity contribution in [2.75, 3.05) is 25.1 Å². The molecule has 0 saturated carbocycles. The van der Waals surface area contributed by atoms with Gasteiger partial charge in [0.05, 0.1) is 12.3 Å². The summed E-state index contributed by atoms with van der Waals surface area (Å²) in [5.74, 6) is -1.44. The van der Waals surface area contributed by atoms with Gasteiger partial charge in [-0.2, -0.15) is 5.10 Å². The van der Waals surface area contributed by atoms with Crippen molar-refractivity contribution in [3.05, 3.63) is 59.2 Å². The van der Waals surface area contributed by atoms with Crippen LogP contribution in [0.5, 0.6) is 5.75 Å². The number of carbonyl (C=O) groups excluding carboxylic acids is 3. The number of carbonyl (C=O) groups is 3. The molecule has 1 saturated heterocycles. The summed E-state index contributed by atoms with van der Waals surface area (Å²) in [6.07, 6.45) is 3.16. The van der Waals surface area contributed by atoms with Gasteiger partial charge in [0.15, 0.2) is 6.61 Å². The normalized spacial score (nSPS) is 15.3. The van der Waals surface area contributed by atoms with E-state index in [1.165, 1.54) is 6.21 Å². The second-order valence-electron chi connectivity index (χ2n) is 7.77. The quantitative estimate of drug-likeness (QED) is 0.322. The molecule has 0 aromatic heterocycles. The van der Waals surface area contributed by atoms with Gasteiger partial charge in [0.1, 0.15) is 5.75 Å². The van der Waals surface area contributed by atoms with Crippen molar-refractivity contribution in [3.63, 3.8) is 0 Å². The molecule has 9 heteroatoms. The van der Waals surface area contributed by atoms with Crippen molar-refractivity contribution in [1.29, 1.82) is 0 Å². The van der Waals surface area contributed by atoms with E-state index in [9.17, 15) is 14.4 Å². The summed E-state index contributed by atoms with van der Waals surface area (Å²) in [5.41, 5.74) is 5.58. The molecule has 1 atom stereocenters. The molecule has 2 aromatic carbocycles. The third kappa shape index (κ3) is 7.73. The van der Waals surface area contributed by atoms with Crippen LogP contribution >= 0.6 is 0 Å². The summed E-state index contributed by atoms with van der Waals surface area (Å²) in [6, 6.07) is 12.7. The van der Waals surface area contributed by atoms with E-state index in [1.54, 1.807) is 24.3 Å². The van der Waals surface area contributed by atoms with E-state index in [2.05, 4.69) is 21.2 Å². The van der Waals surface area contributed by atoms with Crippen LogP contribution < -0.4 is 20.8 Å². The topological polar surface area (TPSA) is 118 Å². The fraction of sp³-hybridized carbons (Fsp3) is 0.333. The number of aryl methyl sites for hydroxylation is 2. The predicted octanol–water partition coefficient (Wildman–Crippen LogP) is 2.07. The van der Waals surface area contributed by atoms with Gasteiger partial charge in [-0.05, 0) is 61.6 Å². The summed E-state index contributed by atoms with van der Waals surface area (Å²) in [5, 5.41) is 9.16. The van der Waals surface area contributed by atoms with Crippen molar-refractivity contribution in [1.82, 2.24) is 10.7 Å². The van der Waals surface area contributed by atoms with Gasteiger partial charge in [-0.1, -0.05) is 24.3 Å². The minimum Gasteiger partial charge on any atom is -0.484 e. The molecule has 3 amide bonds. The van der Waals surface area contributed by atoms with Crippen molar-refractivity contribution >= 4 is 29.6 Å². The van der Waals surface area contributed by atoms with E-state index in [1.807, 2.05) is 32.0 Å². The minimum atomic E-state index is -0.861. The fourth-order valence-corrected chi connectivity index (χ4v) is 3.20. The summed E-state index contributed by atoms with van der Waals surface area (Å²) >= 11 is 0. The first-order valence-corrected chi connectivity index (χ1v) is 10.7. The predicted molar refractivity (Wildman–Crippen MR) is 124 cm³/mol. The number of nitrogens with zero attached hydrogens (tertiary/aromatic N) is 1. The van der Waals surface area contributed by atoms with E-state index >= 15 is 0 Å². The maximum Gasteiger partial charge on any atom is 0.329 e. The Labute approximate surface area is 192 Å². The maximum absolute atomic E-state index is 12.2. The molecule has 0 spiro atoms. The van der Waals surface area contributed by atoms with Crippen LogP contribution in [0.3, 0.4) is 0 Å². The van der Waals surface area contributed by atoms with Crippen molar-refractivity contribution in [2.45, 2.75) is 32.8 Å². The SMILES string of the molecule is Cc1ccc(C)c(NC(=O)COc2cccc(/C=N\NC(=O)C(=O)NC[C@H]3CCCO3)c2)c1. The molecule has 3 rings (SSSR count). The number of hydrogen-bond acceptors (Lipinski definition) is 6. The number of anilines is 1. The third-order valence-corrected chi connectivity index (χ3v) is 5.00. The first-order chi connectivity index (χ1) is 15.9. The van der Waals surface area contributed by atoms with Gasteiger partial charge in [-0.3, -0.25) is 14.4 Å². The highest BCUT2D eigenvalue weighted by atomic mass is 16.5. The molecule has 1 aliphatic heterocycles. The van der Waals surface area contributed by atoms with Gasteiger partial charge in [0.2, 0.25) is 0 Å². The monoisotopic (exact) mass is 452 g/mol. The average Bonchev–Trinajstić information content (AvgIpc) is 3.32. The van der Waals surface area contributed by atoms with Crippen LogP contribution in [0.4, 0.5) is 5.69 Å². The largest absolute Gasteiger partial charge is 0.484 e. The lowest BCUT2D eigenvalue weighted by Crippen LogP contribution is -2.41. The highest BCUT2D eigenvalue weighted by Crippen LogP contribution is 2.17. The Kier molecular flexibility index (Phi) is 8.54. The molecule has 0 aliphatic carbocycles. The van der Waals surface area contributed by atoms with Crippen LogP contribution in [0.1, 0.15) is 29.5 Å². The molecular formula is C24H28N4O5. The first kappa shape index (κ1) is 23.9. The molecule has 3 N–H and O–H groups in total. The zero-order chi connectivity index (χ0) is 23.6. The number of hydrazone groups is 1. The highest BCUT2D eigenvalue weighted by Gasteiger charge is 2.19. The molecule has 174 valence electrons. The molecule has 1 fully saturated rings. The Hall–Kier alpha value is -3.72. The van der Waals surface area contributed by atoms with Crippen LogP contribution in [0.15, 0.2) is 47.6 Å². The molecule has 0 unspecified atom stereocenters. The zero-order valence-corrected chi connectivity index (χ0v) is 18.7. The fourth-order valence-electron chi connectivity index (χ4n) is 3.20. The van der Waals surface area contributed by atoms with Crippen LogP contribution in [0, 0.1) is 13.8 Å². The van der Waals surface area contributed by atoms with Crippen LogP contribution in [0.25, 0.3) is 0 Å². The van der Waals surface area contributed by atoms with E-state index < -0.39 is 11.8 Å². The lowest BCUT2D eigenvalue weighted by molar-refractivity contribution is -0.139. The average molecular weight is 453 g/mol. The van der Waals surface area contributed by atoms with Crippen LogP contribution in [0.2, 0.25) is 0 Å². The number of hydrogen-bond donors (Lipinski definition) is 3. The summed E-state index contributed by atoms with van der Waals surface area (Å²) < 4.78 is 11.0. The lowest BCUT2D eigenvalue weighted by Gasteiger charge is -2.10. The molecule has 0 radical (unpaired) electrons. The molecular weight excluding hydrogens is 424 g/mol. The Bertz CT molecular complexity index is 1030. The summed E-state index contributed by atoms with van der Waals surface area (Å²) in [7, 11) is 0. The van der Waals surface area contributed by atoms with E-state index in [-0.39, 0.29) is 18.6 Å². The van der Waals surface area contributed by atoms with Crippen molar-refractivity contribution in [2.24, 2.45) is 5.10 Å². The molecule has 1 aliphatic rings. The van der Waals surface area contributed by atoms with E-state index in [0.717, 1.165) is 29.7 Å². The van der Waals surface area contributed by atoms with Gasteiger partial charge < -0.3 is 20.1 Å². The maximum atomic E-state index is 12.2. The lowest BCUT2D eigenvalue weighted by atomic mass is 10.1. The molecule has 1 heterocycles. The van der Waals surface area contributed by atoms with Crippen molar-refractivity contribution in [3.8, 4) is 5.75 Å². The molecule has 2 aromatic rings.